The van der Waals surface area contributed by atoms with Crippen molar-refractivity contribution >= 4 is 23.6 Å². The van der Waals surface area contributed by atoms with Gasteiger partial charge >= 0.3 is 0 Å². The second-order valence-corrected chi connectivity index (χ2v) is 7.21. The number of amides is 2. The summed E-state index contributed by atoms with van der Waals surface area (Å²) in [4.78, 5) is 28.4. The number of hydrogen-bond acceptors (Lipinski definition) is 5. The van der Waals surface area contributed by atoms with E-state index in [0.717, 1.165) is 11.3 Å². The number of hydrogen-bond donors (Lipinski definition) is 1. The first-order valence-corrected chi connectivity index (χ1v) is 10.1. The number of carbonyl (C=O) groups excluding carboxylic acids is 2. The van der Waals surface area contributed by atoms with E-state index < -0.39 is 0 Å². The van der Waals surface area contributed by atoms with E-state index in [4.69, 9.17) is 9.47 Å². The molecule has 0 unspecified atom stereocenters. The highest BCUT2D eigenvalue weighted by molar-refractivity contribution is 5.96. The summed E-state index contributed by atoms with van der Waals surface area (Å²) in [7, 11) is 0. The third-order valence-electron chi connectivity index (χ3n) is 5.01. The predicted molar refractivity (Wildman–Crippen MR) is 115 cm³/mol. The van der Waals surface area contributed by atoms with Gasteiger partial charge in [0.15, 0.2) is 11.5 Å². The van der Waals surface area contributed by atoms with Crippen LogP contribution in [0.2, 0.25) is 0 Å². The monoisotopic (exact) mass is 407 g/mol. The fourth-order valence-corrected chi connectivity index (χ4v) is 3.51. The highest BCUT2D eigenvalue weighted by Crippen LogP contribution is 2.34. The molecule has 4 rings (SSSR count). The molecule has 0 bridgehead atoms. The minimum atomic E-state index is -0.0703. The number of piperazine rings is 1. The molecular formula is C23H25N3O4. The molecule has 2 amide bonds. The summed E-state index contributed by atoms with van der Waals surface area (Å²) < 4.78 is 11.3. The molecule has 7 heteroatoms. The largest absolute Gasteiger partial charge is 0.486 e. The number of ether oxygens (including phenoxy) is 2. The Labute approximate surface area is 175 Å². The van der Waals surface area contributed by atoms with Crippen molar-refractivity contribution in [2.75, 3.05) is 50.8 Å². The van der Waals surface area contributed by atoms with Crippen molar-refractivity contribution in [2.45, 2.75) is 0 Å². The quantitative estimate of drug-likeness (QED) is 0.793. The van der Waals surface area contributed by atoms with Gasteiger partial charge in [-0.05, 0) is 17.7 Å². The van der Waals surface area contributed by atoms with Crippen LogP contribution in [-0.2, 0) is 9.59 Å². The van der Waals surface area contributed by atoms with E-state index >= 15 is 0 Å². The van der Waals surface area contributed by atoms with Gasteiger partial charge in [-0.15, -0.1) is 0 Å². The second-order valence-electron chi connectivity index (χ2n) is 7.21. The topological polar surface area (TPSA) is 71.1 Å². The lowest BCUT2D eigenvalue weighted by Gasteiger charge is -2.29. The fourth-order valence-electron chi connectivity index (χ4n) is 3.51. The van der Waals surface area contributed by atoms with E-state index in [9.17, 15) is 9.59 Å². The summed E-state index contributed by atoms with van der Waals surface area (Å²) >= 11 is 0. The molecule has 2 aromatic carbocycles. The van der Waals surface area contributed by atoms with Crippen molar-refractivity contribution in [2.24, 2.45) is 0 Å². The fraction of sp³-hybridized carbons (Fsp3) is 0.304. The van der Waals surface area contributed by atoms with Crippen molar-refractivity contribution in [1.82, 2.24) is 10.2 Å². The van der Waals surface area contributed by atoms with Gasteiger partial charge < -0.3 is 19.7 Å². The molecule has 1 N–H and O–H groups in total. The maximum atomic E-state index is 13.2. The third-order valence-corrected chi connectivity index (χ3v) is 5.01. The first kappa shape index (κ1) is 20.0. The first-order chi connectivity index (χ1) is 14.7. The smallest absolute Gasteiger partial charge is 0.241 e. The highest BCUT2D eigenvalue weighted by atomic mass is 16.6. The van der Waals surface area contributed by atoms with Crippen molar-refractivity contribution in [3.05, 3.63) is 60.2 Å². The highest BCUT2D eigenvalue weighted by Gasteiger charge is 2.23. The number of nitrogens with one attached hydrogen (secondary N) is 1. The van der Waals surface area contributed by atoms with Crippen molar-refractivity contribution in [1.29, 1.82) is 0 Å². The third kappa shape index (κ3) is 4.99. The van der Waals surface area contributed by atoms with E-state index in [0.29, 0.717) is 44.3 Å². The Kier molecular flexibility index (Phi) is 6.29. The Bertz CT molecular complexity index is 929. The van der Waals surface area contributed by atoms with E-state index in [1.54, 1.807) is 4.90 Å². The van der Waals surface area contributed by atoms with Crippen molar-refractivity contribution in [3.8, 4) is 11.5 Å². The SMILES string of the molecule is O=C1CN(CC(=O)N(C/C=C/c2ccccc2)c2ccc3c(c2)OCCO3)CCN1. The van der Waals surface area contributed by atoms with Crippen LogP contribution in [0.15, 0.2) is 54.6 Å². The number of anilines is 1. The molecule has 1 saturated heterocycles. The number of benzene rings is 2. The molecule has 0 radical (unpaired) electrons. The van der Waals surface area contributed by atoms with E-state index in [1.807, 2.05) is 65.6 Å². The number of fused-ring (bicyclic) bond motifs is 1. The van der Waals surface area contributed by atoms with Crippen LogP contribution in [0.5, 0.6) is 11.5 Å². The molecule has 2 heterocycles. The first-order valence-electron chi connectivity index (χ1n) is 10.1. The number of carbonyl (C=O) groups is 2. The minimum absolute atomic E-state index is 0.0519. The standard InChI is InChI=1S/C23H25N3O4/c27-22-16-25(12-10-24-22)17-23(28)26(11-4-7-18-5-2-1-3-6-18)19-8-9-20-21(15-19)30-14-13-29-20/h1-9,15H,10-14,16-17H2,(H,24,27)/b7-4+. The Morgan fingerprint density at radius 2 is 1.90 bits per heavy atom. The van der Waals surface area contributed by atoms with E-state index in [2.05, 4.69) is 5.32 Å². The van der Waals surface area contributed by atoms with Gasteiger partial charge in [-0.2, -0.15) is 0 Å². The van der Waals surface area contributed by atoms with Crippen LogP contribution in [0, 0.1) is 0 Å². The molecule has 0 spiro atoms. The number of rotatable bonds is 6. The molecule has 156 valence electrons. The maximum absolute atomic E-state index is 13.2. The van der Waals surface area contributed by atoms with Gasteiger partial charge in [-0.1, -0.05) is 42.5 Å². The summed E-state index contributed by atoms with van der Waals surface area (Å²) in [5.74, 6) is 1.20. The minimum Gasteiger partial charge on any atom is -0.486 e. The van der Waals surface area contributed by atoms with Gasteiger partial charge in [0.25, 0.3) is 0 Å². The van der Waals surface area contributed by atoms with Crippen LogP contribution in [-0.4, -0.2) is 62.7 Å². The molecular weight excluding hydrogens is 382 g/mol. The summed E-state index contributed by atoms with van der Waals surface area (Å²) in [6, 6.07) is 15.5. The molecule has 2 aromatic rings. The van der Waals surface area contributed by atoms with Gasteiger partial charge in [0.1, 0.15) is 13.2 Å². The molecule has 1 fully saturated rings. The average Bonchev–Trinajstić information content (AvgIpc) is 2.77. The second kappa shape index (κ2) is 9.45. The zero-order valence-electron chi connectivity index (χ0n) is 16.8. The van der Waals surface area contributed by atoms with Crippen LogP contribution in [0.1, 0.15) is 5.56 Å². The summed E-state index contributed by atoms with van der Waals surface area (Å²) in [5, 5.41) is 2.79. The van der Waals surface area contributed by atoms with Gasteiger partial charge in [-0.25, -0.2) is 0 Å². The molecule has 0 aliphatic carbocycles. The molecule has 0 saturated carbocycles. The van der Waals surface area contributed by atoms with Crippen LogP contribution in [0.4, 0.5) is 5.69 Å². The Hall–Kier alpha value is -3.32. The predicted octanol–water partition coefficient (Wildman–Crippen LogP) is 1.94. The zero-order chi connectivity index (χ0) is 20.8. The molecule has 0 aromatic heterocycles. The molecule has 7 nitrogen and oxygen atoms in total. The normalized spacial score (nSPS) is 16.3. The lowest BCUT2D eigenvalue weighted by molar-refractivity contribution is -0.126. The molecule has 2 aliphatic rings. The lowest BCUT2D eigenvalue weighted by Crippen LogP contribution is -2.51. The Morgan fingerprint density at radius 1 is 1.10 bits per heavy atom. The molecule has 2 aliphatic heterocycles. The summed E-state index contributed by atoms with van der Waals surface area (Å²) in [6.45, 7) is 3.05. The Morgan fingerprint density at radius 3 is 2.70 bits per heavy atom. The van der Waals surface area contributed by atoms with E-state index in [1.165, 1.54) is 0 Å². The number of nitrogens with zero attached hydrogens (tertiary/aromatic N) is 2. The Balaban J connectivity index is 1.53. The summed E-state index contributed by atoms with van der Waals surface area (Å²) in [6.07, 6.45) is 3.96. The van der Waals surface area contributed by atoms with Crippen LogP contribution >= 0.6 is 0 Å². The summed E-state index contributed by atoms with van der Waals surface area (Å²) in [5.41, 5.74) is 1.81. The van der Waals surface area contributed by atoms with Gasteiger partial charge in [0.2, 0.25) is 11.8 Å². The average molecular weight is 407 g/mol. The van der Waals surface area contributed by atoms with Crippen molar-refractivity contribution in [3.63, 3.8) is 0 Å². The molecule has 0 atom stereocenters. The van der Waals surface area contributed by atoms with Crippen LogP contribution in [0.25, 0.3) is 6.08 Å². The van der Waals surface area contributed by atoms with Crippen LogP contribution in [0.3, 0.4) is 0 Å². The van der Waals surface area contributed by atoms with Gasteiger partial charge in [0.05, 0.1) is 13.1 Å². The zero-order valence-corrected chi connectivity index (χ0v) is 16.8. The lowest BCUT2D eigenvalue weighted by atomic mass is 10.2. The van der Waals surface area contributed by atoms with E-state index in [-0.39, 0.29) is 24.9 Å². The maximum Gasteiger partial charge on any atom is 0.241 e. The van der Waals surface area contributed by atoms with Crippen molar-refractivity contribution < 1.29 is 19.1 Å². The van der Waals surface area contributed by atoms with Crippen LogP contribution < -0.4 is 19.7 Å². The van der Waals surface area contributed by atoms with Gasteiger partial charge in [0, 0.05) is 31.4 Å². The van der Waals surface area contributed by atoms with Gasteiger partial charge in [-0.3, -0.25) is 14.5 Å². The molecule has 30 heavy (non-hydrogen) atoms.